The van der Waals surface area contributed by atoms with Crippen LogP contribution < -0.4 is 0 Å². The molecule has 0 aliphatic heterocycles. The van der Waals surface area contributed by atoms with Gasteiger partial charge in [-0.05, 0) is 24.1 Å². The second kappa shape index (κ2) is 5.44. The summed E-state index contributed by atoms with van der Waals surface area (Å²) in [5.41, 5.74) is 0.667. The van der Waals surface area contributed by atoms with Crippen molar-refractivity contribution in [1.29, 1.82) is 5.26 Å². The molecule has 0 spiro atoms. The third kappa shape index (κ3) is 3.44. The van der Waals surface area contributed by atoms with Crippen LogP contribution in [0.3, 0.4) is 0 Å². The molecule has 80 valence electrons. The minimum Gasteiger partial charge on any atom is -0.192 e. The van der Waals surface area contributed by atoms with Gasteiger partial charge < -0.3 is 0 Å². The maximum atomic E-state index is 8.97. The van der Waals surface area contributed by atoms with E-state index in [-0.39, 0.29) is 0 Å². The van der Waals surface area contributed by atoms with E-state index in [1.807, 2.05) is 12.1 Å². The van der Waals surface area contributed by atoms with Crippen LogP contribution in [0.4, 0.5) is 0 Å². The van der Waals surface area contributed by atoms with Crippen molar-refractivity contribution in [3.8, 4) is 6.07 Å². The van der Waals surface area contributed by atoms with Gasteiger partial charge in [0.1, 0.15) is 6.07 Å². The lowest BCUT2D eigenvalue weighted by molar-refractivity contribution is 0.642. The van der Waals surface area contributed by atoms with Crippen LogP contribution in [0.1, 0.15) is 26.3 Å². The molecule has 0 heterocycles. The highest BCUT2D eigenvalue weighted by atomic mass is 35.5. The molecule has 3 heteroatoms. The molecule has 1 aromatic rings. The van der Waals surface area contributed by atoms with Crippen molar-refractivity contribution < 1.29 is 0 Å². The van der Waals surface area contributed by atoms with Gasteiger partial charge in [-0.25, -0.2) is 0 Å². The smallest absolute Gasteiger partial charge is 0.100 e. The Kier molecular flexibility index (Phi) is 4.50. The summed E-state index contributed by atoms with van der Waals surface area (Å²) in [6, 6.07) is 7.65. The first-order valence-corrected chi connectivity index (χ1v) is 6.16. The zero-order chi connectivity index (χ0) is 11.4. The highest BCUT2D eigenvalue weighted by molar-refractivity contribution is 8.00. The van der Waals surface area contributed by atoms with Crippen molar-refractivity contribution >= 4 is 23.4 Å². The molecular formula is C12H14ClNS. The minimum atomic E-state index is 0.498. The van der Waals surface area contributed by atoms with Gasteiger partial charge >= 0.3 is 0 Å². The standard InChI is InChI=1S/C12H14ClNS/c1-8(2)9(3)15-12-5-4-11(13)6-10(12)7-14/h4-6,8-9H,1-3H3. The van der Waals surface area contributed by atoms with Crippen molar-refractivity contribution in [3.05, 3.63) is 28.8 Å². The van der Waals surface area contributed by atoms with Gasteiger partial charge in [0.05, 0.1) is 5.56 Å². The molecule has 1 atom stereocenters. The van der Waals surface area contributed by atoms with Gasteiger partial charge in [-0.1, -0.05) is 32.4 Å². The van der Waals surface area contributed by atoms with Crippen LogP contribution in [0.15, 0.2) is 23.1 Å². The fraction of sp³-hybridized carbons (Fsp3) is 0.417. The molecule has 0 radical (unpaired) electrons. The van der Waals surface area contributed by atoms with Crippen molar-refractivity contribution in [1.82, 2.24) is 0 Å². The number of hydrogen-bond acceptors (Lipinski definition) is 2. The van der Waals surface area contributed by atoms with Crippen LogP contribution in [0.5, 0.6) is 0 Å². The Bertz CT molecular complexity index is 382. The molecule has 1 unspecified atom stereocenters. The Hall–Kier alpha value is -0.650. The van der Waals surface area contributed by atoms with Crippen molar-refractivity contribution in [2.24, 2.45) is 5.92 Å². The molecule has 0 bridgehead atoms. The van der Waals surface area contributed by atoms with Gasteiger partial charge in [0, 0.05) is 15.2 Å². The number of hydrogen-bond donors (Lipinski definition) is 0. The summed E-state index contributed by atoms with van der Waals surface area (Å²) in [4.78, 5) is 1.02. The van der Waals surface area contributed by atoms with E-state index in [4.69, 9.17) is 16.9 Å². The van der Waals surface area contributed by atoms with E-state index in [1.54, 1.807) is 17.8 Å². The molecular weight excluding hydrogens is 226 g/mol. The molecule has 0 saturated carbocycles. The van der Waals surface area contributed by atoms with Crippen LogP contribution in [-0.4, -0.2) is 5.25 Å². The summed E-state index contributed by atoms with van der Waals surface area (Å²) in [6.07, 6.45) is 0. The molecule has 0 amide bonds. The number of halogens is 1. The highest BCUT2D eigenvalue weighted by Gasteiger charge is 2.11. The Labute approximate surface area is 100 Å². The van der Waals surface area contributed by atoms with Gasteiger partial charge in [0.15, 0.2) is 0 Å². The first-order valence-electron chi connectivity index (χ1n) is 4.91. The molecule has 0 aromatic heterocycles. The number of nitrogens with zero attached hydrogens (tertiary/aromatic N) is 1. The summed E-state index contributed by atoms with van der Waals surface area (Å²) < 4.78 is 0. The first kappa shape index (κ1) is 12.4. The molecule has 1 rings (SSSR count). The van der Waals surface area contributed by atoms with E-state index < -0.39 is 0 Å². The fourth-order valence-corrected chi connectivity index (χ4v) is 2.25. The summed E-state index contributed by atoms with van der Waals surface area (Å²) in [5, 5.41) is 10.1. The molecule has 0 saturated heterocycles. The van der Waals surface area contributed by atoms with Crippen LogP contribution in [0, 0.1) is 17.2 Å². The molecule has 0 aliphatic rings. The van der Waals surface area contributed by atoms with Crippen molar-refractivity contribution in [2.75, 3.05) is 0 Å². The SMILES string of the molecule is CC(C)C(C)Sc1ccc(Cl)cc1C#N. The molecule has 0 N–H and O–H groups in total. The van der Waals surface area contributed by atoms with Crippen LogP contribution in [0.25, 0.3) is 0 Å². The predicted octanol–water partition coefficient (Wildman–Crippen LogP) is 4.35. The lowest BCUT2D eigenvalue weighted by atomic mass is 10.2. The maximum Gasteiger partial charge on any atom is 0.100 e. The van der Waals surface area contributed by atoms with E-state index in [2.05, 4.69) is 26.8 Å². The average molecular weight is 240 g/mol. The zero-order valence-corrected chi connectivity index (χ0v) is 10.7. The highest BCUT2D eigenvalue weighted by Crippen LogP contribution is 2.31. The molecule has 15 heavy (non-hydrogen) atoms. The summed E-state index contributed by atoms with van der Waals surface area (Å²) in [6.45, 7) is 6.53. The Morgan fingerprint density at radius 2 is 2.00 bits per heavy atom. The second-order valence-electron chi connectivity index (χ2n) is 3.82. The van der Waals surface area contributed by atoms with E-state index >= 15 is 0 Å². The van der Waals surface area contributed by atoms with Gasteiger partial charge in [0.25, 0.3) is 0 Å². The van der Waals surface area contributed by atoms with Gasteiger partial charge in [0.2, 0.25) is 0 Å². The van der Waals surface area contributed by atoms with E-state index in [0.29, 0.717) is 21.8 Å². The summed E-state index contributed by atoms with van der Waals surface area (Å²) >= 11 is 7.56. The number of nitriles is 1. The third-order valence-electron chi connectivity index (χ3n) is 2.31. The summed E-state index contributed by atoms with van der Waals surface area (Å²) in [7, 11) is 0. The van der Waals surface area contributed by atoms with Gasteiger partial charge in [-0.3, -0.25) is 0 Å². The Morgan fingerprint density at radius 1 is 1.33 bits per heavy atom. The van der Waals surface area contributed by atoms with E-state index in [9.17, 15) is 0 Å². The maximum absolute atomic E-state index is 8.97. The van der Waals surface area contributed by atoms with E-state index in [1.165, 1.54) is 0 Å². The van der Waals surface area contributed by atoms with Gasteiger partial charge in [-0.2, -0.15) is 5.26 Å². The lowest BCUT2D eigenvalue weighted by Crippen LogP contribution is -2.05. The molecule has 0 aliphatic carbocycles. The summed E-state index contributed by atoms with van der Waals surface area (Å²) in [5.74, 6) is 0.595. The monoisotopic (exact) mass is 239 g/mol. The second-order valence-corrected chi connectivity index (χ2v) is 5.67. The van der Waals surface area contributed by atoms with Crippen molar-refractivity contribution in [3.63, 3.8) is 0 Å². The predicted molar refractivity (Wildman–Crippen MR) is 66.3 cm³/mol. The molecule has 1 nitrogen and oxygen atoms in total. The fourth-order valence-electron chi connectivity index (χ4n) is 1.03. The molecule has 0 fully saturated rings. The average Bonchev–Trinajstić information content (AvgIpc) is 2.20. The van der Waals surface area contributed by atoms with Crippen LogP contribution in [0.2, 0.25) is 5.02 Å². The Morgan fingerprint density at radius 3 is 2.53 bits per heavy atom. The van der Waals surface area contributed by atoms with Crippen LogP contribution in [-0.2, 0) is 0 Å². The minimum absolute atomic E-state index is 0.498. The first-order chi connectivity index (χ1) is 7.04. The quantitative estimate of drug-likeness (QED) is 0.733. The Balaban J connectivity index is 2.91. The van der Waals surface area contributed by atoms with Crippen LogP contribution >= 0.6 is 23.4 Å². The number of thioether (sulfide) groups is 1. The third-order valence-corrected chi connectivity index (χ3v) is 4.07. The number of rotatable bonds is 3. The number of benzene rings is 1. The van der Waals surface area contributed by atoms with Crippen molar-refractivity contribution in [2.45, 2.75) is 30.9 Å². The topological polar surface area (TPSA) is 23.8 Å². The lowest BCUT2D eigenvalue weighted by Gasteiger charge is -2.15. The zero-order valence-electron chi connectivity index (χ0n) is 9.12. The molecule has 1 aromatic carbocycles. The van der Waals surface area contributed by atoms with E-state index in [0.717, 1.165) is 4.90 Å². The normalized spacial score (nSPS) is 12.5. The van der Waals surface area contributed by atoms with Gasteiger partial charge in [-0.15, -0.1) is 11.8 Å². The largest absolute Gasteiger partial charge is 0.192 e.